The molecule has 2 aliphatic rings. The minimum absolute atomic E-state index is 0.0626. The lowest BCUT2D eigenvalue weighted by Crippen LogP contribution is -2.41. The fourth-order valence-electron chi connectivity index (χ4n) is 4.24. The molecule has 8 nitrogen and oxygen atoms in total. The Morgan fingerprint density at radius 2 is 1.83 bits per heavy atom. The van der Waals surface area contributed by atoms with E-state index in [4.69, 9.17) is 4.74 Å². The molecule has 0 bridgehead atoms. The van der Waals surface area contributed by atoms with Crippen molar-refractivity contribution < 1.29 is 9.53 Å². The van der Waals surface area contributed by atoms with Gasteiger partial charge in [-0.3, -0.25) is 9.20 Å². The topological polar surface area (TPSA) is 75.0 Å². The Hall–Kier alpha value is -3.13. The number of hydrogen-bond donors (Lipinski definition) is 1. The molecule has 1 amide bonds. The number of nitrogens with one attached hydrogen (secondary N) is 1. The van der Waals surface area contributed by atoms with Crippen LogP contribution in [0, 0.1) is 5.92 Å². The molecule has 0 unspecified atom stereocenters. The Kier molecular flexibility index (Phi) is 5.23. The maximum Gasteiger partial charge on any atom is 0.231 e. The van der Waals surface area contributed by atoms with Crippen molar-refractivity contribution in [2.75, 3.05) is 54.5 Å². The number of nitrogens with zero attached hydrogens (tertiary/aromatic N) is 5. The molecule has 1 N–H and O–H groups in total. The summed E-state index contributed by atoms with van der Waals surface area (Å²) in [5.41, 5.74) is 2.82. The van der Waals surface area contributed by atoms with Gasteiger partial charge in [-0.05, 0) is 49.2 Å². The van der Waals surface area contributed by atoms with Crippen LogP contribution >= 0.6 is 0 Å². The lowest BCUT2D eigenvalue weighted by molar-refractivity contribution is -0.120. The minimum Gasteiger partial charge on any atom is -0.378 e. The maximum absolute atomic E-state index is 12.9. The number of pyridine rings is 1. The molecule has 4 heterocycles. The Bertz CT molecular complexity index is 1010. The predicted molar refractivity (Wildman–Crippen MR) is 116 cm³/mol. The van der Waals surface area contributed by atoms with Crippen molar-refractivity contribution in [3.63, 3.8) is 0 Å². The molecular weight excluding hydrogens is 380 g/mol. The van der Waals surface area contributed by atoms with Crippen LogP contribution in [0.25, 0.3) is 5.65 Å². The van der Waals surface area contributed by atoms with Crippen molar-refractivity contribution in [1.82, 2.24) is 14.6 Å². The second-order valence-electron chi connectivity index (χ2n) is 7.85. The van der Waals surface area contributed by atoms with Gasteiger partial charge in [0.1, 0.15) is 0 Å². The highest BCUT2D eigenvalue weighted by Gasteiger charge is 2.28. The van der Waals surface area contributed by atoms with E-state index in [1.165, 1.54) is 5.69 Å². The normalized spacial score (nSPS) is 19.8. The van der Waals surface area contributed by atoms with Crippen molar-refractivity contribution in [3.05, 3.63) is 48.7 Å². The lowest BCUT2D eigenvalue weighted by atomic mass is 9.97. The molecule has 2 aliphatic heterocycles. The quantitative estimate of drug-likeness (QED) is 0.717. The molecule has 8 heteroatoms. The zero-order chi connectivity index (χ0) is 20.3. The van der Waals surface area contributed by atoms with Gasteiger partial charge in [-0.15, -0.1) is 10.2 Å². The van der Waals surface area contributed by atoms with Crippen LogP contribution in [0.5, 0.6) is 0 Å². The second kappa shape index (κ2) is 8.31. The van der Waals surface area contributed by atoms with Crippen LogP contribution in [0.1, 0.15) is 12.8 Å². The molecule has 1 atom stereocenters. The van der Waals surface area contributed by atoms with Crippen molar-refractivity contribution >= 4 is 28.9 Å². The predicted octanol–water partition coefficient (Wildman–Crippen LogP) is 2.42. The maximum atomic E-state index is 12.9. The summed E-state index contributed by atoms with van der Waals surface area (Å²) in [6.07, 6.45) is 3.80. The SMILES string of the molecule is O=C(Nc1ccc(N2CCOCC2)cc1)[C@H]1CCCN(c2nnc3ccccn23)C1. The van der Waals surface area contributed by atoms with Gasteiger partial charge in [0.15, 0.2) is 5.65 Å². The Labute approximate surface area is 175 Å². The van der Waals surface area contributed by atoms with E-state index >= 15 is 0 Å². The number of morpholine rings is 1. The summed E-state index contributed by atoms with van der Waals surface area (Å²) in [6.45, 7) is 4.86. The minimum atomic E-state index is -0.0752. The Morgan fingerprint density at radius 1 is 1.00 bits per heavy atom. The second-order valence-corrected chi connectivity index (χ2v) is 7.85. The molecule has 2 fully saturated rings. The summed E-state index contributed by atoms with van der Waals surface area (Å²) < 4.78 is 7.39. The van der Waals surface area contributed by atoms with E-state index in [1.807, 2.05) is 40.9 Å². The van der Waals surface area contributed by atoms with Gasteiger partial charge >= 0.3 is 0 Å². The summed E-state index contributed by atoms with van der Waals surface area (Å²) in [7, 11) is 0. The molecule has 1 aromatic carbocycles. The highest BCUT2D eigenvalue weighted by atomic mass is 16.5. The zero-order valence-electron chi connectivity index (χ0n) is 16.9. The molecule has 0 saturated carbocycles. The average Bonchev–Trinajstić information content (AvgIpc) is 3.24. The van der Waals surface area contributed by atoms with Gasteiger partial charge in [0, 0.05) is 43.8 Å². The number of fused-ring (bicyclic) bond motifs is 1. The summed E-state index contributed by atoms with van der Waals surface area (Å²) in [4.78, 5) is 17.4. The van der Waals surface area contributed by atoms with Crippen LogP contribution in [0.3, 0.4) is 0 Å². The number of carbonyl (C=O) groups is 1. The number of carbonyl (C=O) groups excluding carboxylic acids is 1. The molecule has 5 rings (SSSR count). The van der Waals surface area contributed by atoms with E-state index in [0.29, 0.717) is 6.54 Å². The van der Waals surface area contributed by atoms with Gasteiger partial charge in [0.05, 0.1) is 19.1 Å². The summed E-state index contributed by atoms with van der Waals surface area (Å²) in [5.74, 6) is 0.791. The van der Waals surface area contributed by atoms with Crippen molar-refractivity contribution in [1.29, 1.82) is 0 Å². The van der Waals surface area contributed by atoms with Gasteiger partial charge in [-0.2, -0.15) is 0 Å². The summed E-state index contributed by atoms with van der Waals surface area (Å²) in [6, 6.07) is 13.9. The monoisotopic (exact) mass is 406 g/mol. The van der Waals surface area contributed by atoms with Crippen molar-refractivity contribution in [2.24, 2.45) is 5.92 Å². The van der Waals surface area contributed by atoms with E-state index in [9.17, 15) is 4.79 Å². The summed E-state index contributed by atoms with van der Waals surface area (Å²) >= 11 is 0. The van der Waals surface area contributed by atoms with E-state index in [2.05, 4.69) is 37.4 Å². The lowest BCUT2D eigenvalue weighted by Gasteiger charge is -2.32. The molecule has 3 aromatic rings. The van der Waals surface area contributed by atoms with Crippen molar-refractivity contribution in [3.8, 4) is 0 Å². The molecule has 0 aliphatic carbocycles. The fraction of sp³-hybridized carbons (Fsp3) is 0.409. The highest BCUT2D eigenvalue weighted by Crippen LogP contribution is 2.24. The van der Waals surface area contributed by atoms with Crippen LogP contribution in [-0.4, -0.2) is 59.9 Å². The first-order valence-electron chi connectivity index (χ1n) is 10.6. The van der Waals surface area contributed by atoms with E-state index in [-0.39, 0.29) is 11.8 Å². The molecule has 30 heavy (non-hydrogen) atoms. The fourth-order valence-corrected chi connectivity index (χ4v) is 4.24. The number of ether oxygens (including phenoxy) is 1. The highest BCUT2D eigenvalue weighted by molar-refractivity contribution is 5.93. The average molecular weight is 406 g/mol. The Morgan fingerprint density at radius 3 is 2.67 bits per heavy atom. The number of aromatic nitrogens is 3. The number of rotatable bonds is 4. The molecular formula is C22H26N6O2. The van der Waals surface area contributed by atoms with Gasteiger partial charge < -0.3 is 19.9 Å². The third kappa shape index (κ3) is 3.82. The van der Waals surface area contributed by atoms with E-state index in [1.54, 1.807) is 0 Å². The van der Waals surface area contributed by atoms with E-state index < -0.39 is 0 Å². The smallest absolute Gasteiger partial charge is 0.231 e. The largest absolute Gasteiger partial charge is 0.378 e. The van der Waals surface area contributed by atoms with Crippen molar-refractivity contribution in [2.45, 2.75) is 12.8 Å². The summed E-state index contributed by atoms with van der Waals surface area (Å²) in [5, 5.41) is 11.7. The number of amides is 1. The van der Waals surface area contributed by atoms with E-state index in [0.717, 1.165) is 63.0 Å². The zero-order valence-corrected chi connectivity index (χ0v) is 16.9. The Balaban J connectivity index is 1.23. The van der Waals surface area contributed by atoms with Gasteiger partial charge in [0.25, 0.3) is 0 Å². The molecule has 0 radical (unpaired) electrons. The van der Waals surface area contributed by atoms with Crippen LogP contribution in [0.2, 0.25) is 0 Å². The first kappa shape index (κ1) is 18.9. The van der Waals surface area contributed by atoms with Gasteiger partial charge in [-0.1, -0.05) is 6.07 Å². The number of piperidine rings is 1. The van der Waals surface area contributed by atoms with Gasteiger partial charge in [0.2, 0.25) is 11.9 Å². The van der Waals surface area contributed by atoms with Gasteiger partial charge in [-0.25, -0.2) is 0 Å². The molecule has 2 aromatic heterocycles. The number of anilines is 3. The molecule has 2 saturated heterocycles. The molecule has 0 spiro atoms. The van der Waals surface area contributed by atoms with Crippen LogP contribution in [0.4, 0.5) is 17.3 Å². The number of hydrogen-bond acceptors (Lipinski definition) is 6. The number of benzene rings is 1. The van der Waals surface area contributed by atoms with Crippen LogP contribution in [0.15, 0.2) is 48.7 Å². The third-order valence-corrected chi connectivity index (χ3v) is 5.88. The first-order valence-corrected chi connectivity index (χ1v) is 10.6. The first-order chi connectivity index (χ1) is 14.8. The van der Waals surface area contributed by atoms with Crippen LogP contribution < -0.4 is 15.1 Å². The standard InChI is InChI=1S/C22H26N6O2/c29-21(23-18-6-8-19(9-7-18)26-12-14-30-15-13-26)17-4-3-10-27(16-17)22-25-24-20-5-1-2-11-28(20)22/h1-2,5-9,11,17H,3-4,10,12-16H2,(H,23,29)/t17-/m0/s1. The molecule has 156 valence electrons. The van der Waals surface area contributed by atoms with Crippen LogP contribution in [-0.2, 0) is 9.53 Å². The third-order valence-electron chi connectivity index (χ3n) is 5.88.